The zero-order chi connectivity index (χ0) is 18.7. The molecule has 1 aromatic carbocycles. The third kappa shape index (κ3) is 4.23. The van der Waals surface area contributed by atoms with E-state index in [9.17, 15) is 14.4 Å². The Labute approximate surface area is 154 Å². The van der Waals surface area contributed by atoms with E-state index in [4.69, 9.17) is 0 Å². The monoisotopic (exact) mass is 357 g/mol. The van der Waals surface area contributed by atoms with Crippen molar-refractivity contribution < 1.29 is 14.4 Å². The Morgan fingerprint density at radius 1 is 1.27 bits per heavy atom. The molecular weight excluding hydrogens is 330 g/mol. The van der Waals surface area contributed by atoms with E-state index in [1.54, 1.807) is 36.2 Å². The summed E-state index contributed by atoms with van der Waals surface area (Å²) in [5.41, 5.74) is 1.17. The molecule has 26 heavy (non-hydrogen) atoms. The van der Waals surface area contributed by atoms with Crippen LogP contribution in [0.25, 0.3) is 0 Å². The number of ketones is 1. The van der Waals surface area contributed by atoms with Gasteiger partial charge in [-0.15, -0.1) is 0 Å². The van der Waals surface area contributed by atoms with Gasteiger partial charge in [0.1, 0.15) is 0 Å². The highest BCUT2D eigenvalue weighted by atomic mass is 16.2. The number of carbonyl (C=O) groups excluding carboxylic acids is 3. The second kappa shape index (κ2) is 7.89. The predicted octanol–water partition coefficient (Wildman–Crippen LogP) is 3.14. The topological polar surface area (TPSA) is 69.7 Å². The number of carbonyl (C=O) groups is 3. The van der Waals surface area contributed by atoms with Gasteiger partial charge in [0.2, 0.25) is 5.91 Å². The van der Waals surface area contributed by atoms with E-state index in [-0.39, 0.29) is 23.6 Å². The molecule has 6 nitrogen and oxygen atoms in total. The van der Waals surface area contributed by atoms with Gasteiger partial charge in [0, 0.05) is 49.8 Å². The molecule has 1 heterocycles. The highest BCUT2D eigenvalue weighted by Crippen LogP contribution is 2.29. The van der Waals surface area contributed by atoms with Gasteiger partial charge in [-0.05, 0) is 31.9 Å². The summed E-state index contributed by atoms with van der Waals surface area (Å²) in [6, 6.07) is 7.09. The Balaban J connectivity index is 1.53. The van der Waals surface area contributed by atoms with Crippen LogP contribution >= 0.6 is 0 Å². The maximum atomic E-state index is 12.4. The molecule has 1 atom stereocenters. The number of hydrogen-bond acceptors (Lipinski definition) is 3. The van der Waals surface area contributed by atoms with E-state index in [0.717, 1.165) is 19.4 Å². The molecule has 2 fully saturated rings. The first-order chi connectivity index (χ1) is 12.4. The molecule has 3 amide bonds. The molecule has 1 aromatic rings. The van der Waals surface area contributed by atoms with Crippen LogP contribution in [0.3, 0.4) is 0 Å². The van der Waals surface area contributed by atoms with Gasteiger partial charge in [0.05, 0.1) is 0 Å². The van der Waals surface area contributed by atoms with Crippen molar-refractivity contribution in [3.8, 4) is 0 Å². The molecule has 140 valence electrons. The number of nitrogens with one attached hydrogen (secondary N) is 1. The number of nitrogens with zero attached hydrogens (tertiary/aromatic N) is 2. The minimum absolute atomic E-state index is 0.0362. The summed E-state index contributed by atoms with van der Waals surface area (Å²) in [7, 11) is 1.74. The fourth-order valence-corrected chi connectivity index (χ4v) is 4.00. The molecule has 1 saturated heterocycles. The highest BCUT2D eigenvalue weighted by molar-refractivity contribution is 5.96. The lowest BCUT2D eigenvalue weighted by Gasteiger charge is -2.25. The lowest BCUT2D eigenvalue weighted by atomic mass is 10.1. The number of amides is 3. The maximum absolute atomic E-state index is 12.4. The quantitative estimate of drug-likeness (QED) is 0.823. The van der Waals surface area contributed by atoms with Crippen molar-refractivity contribution in [2.45, 2.75) is 45.1 Å². The summed E-state index contributed by atoms with van der Waals surface area (Å²) >= 11 is 0. The normalized spacial score (nSPS) is 20.5. The van der Waals surface area contributed by atoms with E-state index < -0.39 is 0 Å². The average molecular weight is 357 g/mol. The molecule has 0 radical (unpaired) electrons. The Kier molecular flexibility index (Phi) is 5.59. The van der Waals surface area contributed by atoms with Crippen LogP contribution < -0.4 is 5.32 Å². The molecule has 1 aliphatic carbocycles. The van der Waals surface area contributed by atoms with Gasteiger partial charge in [0.25, 0.3) is 0 Å². The van der Waals surface area contributed by atoms with Gasteiger partial charge in [-0.2, -0.15) is 0 Å². The van der Waals surface area contributed by atoms with E-state index in [2.05, 4.69) is 5.32 Å². The minimum atomic E-state index is -0.225. The van der Waals surface area contributed by atoms with E-state index in [1.807, 2.05) is 4.90 Å². The fraction of sp³-hybridized carbons (Fsp3) is 0.550. The van der Waals surface area contributed by atoms with Crippen LogP contribution in [0.1, 0.15) is 49.4 Å². The van der Waals surface area contributed by atoms with Crippen molar-refractivity contribution in [3.63, 3.8) is 0 Å². The van der Waals surface area contributed by atoms with E-state index in [1.165, 1.54) is 19.8 Å². The third-order valence-corrected chi connectivity index (χ3v) is 5.40. The van der Waals surface area contributed by atoms with Crippen LogP contribution in [0.2, 0.25) is 0 Å². The number of rotatable bonds is 5. The Morgan fingerprint density at radius 3 is 2.69 bits per heavy atom. The zero-order valence-electron chi connectivity index (χ0n) is 15.5. The smallest absolute Gasteiger partial charge is 0.321 e. The second-order valence-corrected chi connectivity index (χ2v) is 7.50. The summed E-state index contributed by atoms with van der Waals surface area (Å²) in [5, 5.41) is 2.82. The van der Waals surface area contributed by atoms with Crippen LogP contribution in [0, 0.1) is 5.92 Å². The van der Waals surface area contributed by atoms with Crippen LogP contribution in [0.4, 0.5) is 10.5 Å². The van der Waals surface area contributed by atoms with Gasteiger partial charge in [0.15, 0.2) is 5.78 Å². The Bertz CT molecular complexity index is 697. The van der Waals surface area contributed by atoms with Crippen LogP contribution in [-0.2, 0) is 4.79 Å². The Morgan fingerprint density at radius 2 is 2.00 bits per heavy atom. The summed E-state index contributed by atoms with van der Waals surface area (Å²) < 4.78 is 0. The molecule has 6 heteroatoms. The average Bonchev–Trinajstić information content (AvgIpc) is 3.24. The number of likely N-dealkylation sites (tertiary alicyclic amines) is 1. The van der Waals surface area contributed by atoms with Crippen molar-refractivity contribution in [2.75, 3.05) is 25.5 Å². The summed E-state index contributed by atoms with van der Waals surface area (Å²) in [5.74, 6) is 0.373. The molecule has 1 aliphatic heterocycles. The largest absolute Gasteiger partial charge is 0.339 e. The number of Topliss-reactive ketones (excluding diaryl/α,β-unsaturated/α-hetero) is 1. The van der Waals surface area contributed by atoms with Crippen molar-refractivity contribution in [3.05, 3.63) is 29.8 Å². The summed E-state index contributed by atoms with van der Waals surface area (Å²) in [4.78, 5) is 39.8. The summed E-state index contributed by atoms with van der Waals surface area (Å²) in [6.07, 6.45) is 5.16. The van der Waals surface area contributed by atoms with Crippen molar-refractivity contribution in [1.82, 2.24) is 9.80 Å². The molecule has 0 unspecified atom stereocenters. The van der Waals surface area contributed by atoms with Crippen molar-refractivity contribution >= 4 is 23.4 Å². The lowest BCUT2D eigenvalue weighted by Crippen LogP contribution is -2.37. The first-order valence-corrected chi connectivity index (χ1v) is 9.36. The number of hydrogen-bond donors (Lipinski definition) is 1. The van der Waals surface area contributed by atoms with Gasteiger partial charge in [-0.25, -0.2) is 4.79 Å². The SMILES string of the molecule is CC(=O)c1cccc(NC(=O)N(C)C[C@@H]2CC(=O)N(C3CCCC3)C2)c1. The van der Waals surface area contributed by atoms with Gasteiger partial charge in [-0.3, -0.25) is 9.59 Å². The zero-order valence-corrected chi connectivity index (χ0v) is 15.5. The first-order valence-electron chi connectivity index (χ1n) is 9.36. The van der Waals surface area contributed by atoms with Gasteiger partial charge >= 0.3 is 6.03 Å². The first kappa shape index (κ1) is 18.4. The highest BCUT2D eigenvalue weighted by Gasteiger charge is 2.36. The Hall–Kier alpha value is -2.37. The summed E-state index contributed by atoms with van der Waals surface area (Å²) in [6.45, 7) is 2.80. The minimum Gasteiger partial charge on any atom is -0.339 e. The van der Waals surface area contributed by atoms with Crippen LogP contribution in [0.15, 0.2) is 24.3 Å². The van der Waals surface area contributed by atoms with Crippen molar-refractivity contribution in [1.29, 1.82) is 0 Å². The molecule has 1 saturated carbocycles. The lowest BCUT2D eigenvalue weighted by molar-refractivity contribution is -0.129. The standard InChI is InChI=1S/C20H27N3O3/c1-14(24)16-6-5-7-17(11-16)21-20(26)22(2)12-15-10-19(25)23(13-15)18-8-3-4-9-18/h5-7,11,15,18H,3-4,8-10,12-13H2,1-2H3,(H,21,26)/t15-/m0/s1. The molecule has 0 bridgehead atoms. The number of benzene rings is 1. The van der Waals surface area contributed by atoms with Crippen LogP contribution in [0.5, 0.6) is 0 Å². The van der Waals surface area contributed by atoms with E-state index in [0.29, 0.717) is 30.3 Å². The third-order valence-electron chi connectivity index (χ3n) is 5.40. The molecule has 1 N–H and O–H groups in total. The molecular formula is C20H27N3O3. The van der Waals surface area contributed by atoms with Crippen molar-refractivity contribution in [2.24, 2.45) is 5.92 Å². The van der Waals surface area contributed by atoms with Gasteiger partial charge in [-0.1, -0.05) is 25.0 Å². The maximum Gasteiger partial charge on any atom is 0.321 e. The molecule has 0 aromatic heterocycles. The van der Waals surface area contributed by atoms with Crippen LogP contribution in [-0.4, -0.2) is 53.7 Å². The van der Waals surface area contributed by atoms with Gasteiger partial charge < -0.3 is 15.1 Å². The van der Waals surface area contributed by atoms with E-state index >= 15 is 0 Å². The predicted molar refractivity (Wildman–Crippen MR) is 100 cm³/mol. The second-order valence-electron chi connectivity index (χ2n) is 7.50. The molecule has 2 aliphatic rings. The molecule has 0 spiro atoms. The number of urea groups is 1. The molecule has 3 rings (SSSR count). The number of anilines is 1. The fourth-order valence-electron chi connectivity index (χ4n) is 4.00.